The Morgan fingerprint density at radius 1 is 1.24 bits per heavy atom. The number of carbonyl (C=O) groups excluding carboxylic acids is 2. The summed E-state index contributed by atoms with van der Waals surface area (Å²) in [4.78, 5) is 25.5. The van der Waals surface area contributed by atoms with Crippen LogP contribution in [0, 0.1) is 5.92 Å². The van der Waals surface area contributed by atoms with Gasteiger partial charge in [-0.2, -0.15) is 0 Å². The van der Waals surface area contributed by atoms with Crippen LogP contribution in [0.4, 0.5) is 11.4 Å². The van der Waals surface area contributed by atoms with Gasteiger partial charge in [-0.05, 0) is 68.7 Å². The second-order valence-corrected chi connectivity index (χ2v) is 10.1. The van der Waals surface area contributed by atoms with Crippen LogP contribution in [0.2, 0.25) is 0 Å². The first-order valence-electron chi connectivity index (χ1n) is 11.2. The van der Waals surface area contributed by atoms with Crippen molar-refractivity contribution in [2.24, 2.45) is 5.92 Å². The molecular formula is C26H32N2O4S. The van der Waals surface area contributed by atoms with Gasteiger partial charge < -0.3 is 20.9 Å². The van der Waals surface area contributed by atoms with Crippen LogP contribution < -0.4 is 11.5 Å². The second kappa shape index (κ2) is 11.3. The molecule has 1 aromatic rings. The third-order valence-electron chi connectivity index (χ3n) is 5.57. The molecule has 1 aromatic carbocycles. The van der Waals surface area contributed by atoms with Crippen molar-refractivity contribution >= 4 is 35.1 Å². The molecule has 1 saturated carbocycles. The number of rotatable bonds is 8. The highest BCUT2D eigenvalue weighted by Gasteiger charge is 2.30. The van der Waals surface area contributed by atoms with Crippen LogP contribution in [-0.4, -0.2) is 29.4 Å². The van der Waals surface area contributed by atoms with Gasteiger partial charge in [0.05, 0.1) is 5.92 Å². The Hall–Kier alpha value is -2.93. The molecule has 176 valence electrons. The summed E-state index contributed by atoms with van der Waals surface area (Å²) >= 11 is 1.53. The van der Waals surface area contributed by atoms with Crippen LogP contribution in [0.3, 0.4) is 0 Å². The van der Waals surface area contributed by atoms with Gasteiger partial charge in [-0.3, -0.25) is 4.79 Å². The number of nitrogens with two attached hydrogens (primary N) is 2. The number of ether oxygens (including phenoxy) is 2. The molecule has 4 N–H and O–H groups in total. The zero-order valence-corrected chi connectivity index (χ0v) is 20.0. The molecule has 0 aromatic heterocycles. The van der Waals surface area contributed by atoms with E-state index in [0.717, 1.165) is 36.2 Å². The summed E-state index contributed by atoms with van der Waals surface area (Å²) < 4.78 is 11.1. The van der Waals surface area contributed by atoms with Gasteiger partial charge in [0, 0.05) is 27.6 Å². The molecule has 0 aliphatic heterocycles. The van der Waals surface area contributed by atoms with Gasteiger partial charge in [0.15, 0.2) is 0 Å². The molecule has 0 heterocycles. The maximum atomic E-state index is 12.4. The lowest BCUT2D eigenvalue weighted by atomic mass is 10.0. The quantitative estimate of drug-likeness (QED) is 0.240. The van der Waals surface area contributed by atoms with Crippen molar-refractivity contribution in [2.75, 3.05) is 18.1 Å². The number of esters is 2. The largest absolute Gasteiger partial charge is 0.461 e. The zero-order chi connectivity index (χ0) is 23.8. The third kappa shape index (κ3) is 7.56. The topological polar surface area (TPSA) is 105 Å². The number of hydrogen-bond donors (Lipinski definition) is 2. The van der Waals surface area contributed by atoms with E-state index in [4.69, 9.17) is 20.9 Å². The van der Waals surface area contributed by atoms with Crippen LogP contribution in [0.15, 0.2) is 71.2 Å². The smallest absolute Gasteiger partial charge is 0.330 e. The minimum Gasteiger partial charge on any atom is -0.461 e. The number of allylic oxidation sites excluding steroid dienone is 5. The average molecular weight is 469 g/mol. The van der Waals surface area contributed by atoms with E-state index in [1.54, 1.807) is 18.2 Å². The Bertz CT molecular complexity index is 992. The first kappa shape index (κ1) is 24.7. The van der Waals surface area contributed by atoms with Crippen molar-refractivity contribution in [3.8, 4) is 0 Å². The highest BCUT2D eigenvalue weighted by Crippen LogP contribution is 2.31. The van der Waals surface area contributed by atoms with E-state index in [1.807, 2.05) is 50.3 Å². The van der Waals surface area contributed by atoms with Gasteiger partial charge in [0.2, 0.25) is 0 Å². The minimum atomic E-state index is -0.803. The number of carbonyl (C=O) groups is 2. The van der Waals surface area contributed by atoms with Gasteiger partial charge in [-0.15, -0.1) is 11.8 Å². The Kier molecular flexibility index (Phi) is 8.44. The van der Waals surface area contributed by atoms with Crippen molar-refractivity contribution < 1.29 is 19.1 Å². The molecule has 0 bridgehead atoms. The first-order chi connectivity index (χ1) is 15.7. The summed E-state index contributed by atoms with van der Waals surface area (Å²) in [5.41, 5.74) is 12.9. The van der Waals surface area contributed by atoms with E-state index in [-0.39, 0.29) is 23.7 Å². The van der Waals surface area contributed by atoms with Crippen LogP contribution in [0.25, 0.3) is 0 Å². The predicted octanol–water partition coefficient (Wildman–Crippen LogP) is 4.98. The van der Waals surface area contributed by atoms with Crippen LogP contribution in [-0.2, 0) is 19.1 Å². The maximum absolute atomic E-state index is 12.4. The normalized spacial score (nSPS) is 21.6. The predicted molar refractivity (Wildman–Crippen MR) is 134 cm³/mol. The summed E-state index contributed by atoms with van der Waals surface area (Å²) in [6.07, 6.45) is 16.3. The molecule has 2 unspecified atom stereocenters. The maximum Gasteiger partial charge on any atom is 0.330 e. The zero-order valence-electron chi connectivity index (χ0n) is 19.2. The van der Waals surface area contributed by atoms with E-state index < -0.39 is 11.6 Å². The minimum absolute atomic E-state index is 0.00555. The second-order valence-electron chi connectivity index (χ2n) is 8.63. The monoisotopic (exact) mass is 468 g/mol. The number of nitrogen functional groups attached to an aromatic ring is 2. The summed E-state index contributed by atoms with van der Waals surface area (Å²) in [7, 11) is 0. The fraction of sp³-hybridized carbons (Fsp3) is 0.385. The van der Waals surface area contributed by atoms with Gasteiger partial charge >= 0.3 is 11.9 Å². The molecule has 0 amide bonds. The Morgan fingerprint density at radius 3 is 2.73 bits per heavy atom. The van der Waals surface area contributed by atoms with Crippen molar-refractivity contribution in [1.29, 1.82) is 0 Å². The van der Waals surface area contributed by atoms with E-state index in [9.17, 15) is 9.59 Å². The summed E-state index contributed by atoms with van der Waals surface area (Å²) in [5.74, 6) is -0.559. The molecule has 0 radical (unpaired) electrons. The molecular weight excluding hydrogens is 436 g/mol. The Morgan fingerprint density at radius 2 is 2.00 bits per heavy atom. The highest BCUT2D eigenvalue weighted by atomic mass is 32.2. The molecule has 3 rings (SSSR count). The van der Waals surface area contributed by atoms with Crippen LogP contribution in [0.1, 0.15) is 39.5 Å². The average Bonchev–Trinajstić information content (AvgIpc) is 3.24. The van der Waals surface area contributed by atoms with Gasteiger partial charge in [-0.25, -0.2) is 4.79 Å². The lowest BCUT2D eigenvalue weighted by molar-refractivity contribution is -0.155. The molecule has 33 heavy (non-hydrogen) atoms. The molecule has 6 nitrogen and oxygen atoms in total. The Labute approximate surface area is 199 Å². The Balaban J connectivity index is 1.47. The van der Waals surface area contributed by atoms with Gasteiger partial charge in [0.1, 0.15) is 12.2 Å². The molecule has 2 aliphatic carbocycles. The molecule has 0 saturated heterocycles. The summed E-state index contributed by atoms with van der Waals surface area (Å²) in [6.45, 7) is 4.07. The van der Waals surface area contributed by atoms with Gasteiger partial charge in [0.25, 0.3) is 0 Å². The van der Waals surface area contributed by atoms with Crippen molar-refractivity contribution in [2.45, 2.75) is 55.3 Å². The van der Waals surface area contributed by atoms with Crippen LogP contribution in [0.5, 0.6) is 0 Å². The lowest BCUT2D eigenvalue weighted by Crippen LogP contribution is -2.30. The van der Waals surface area contributed by atoms with Crippen LogP contribution >= 0.6 is 11.8 Å². The molecule has 2 aliphatic rings. The van der Waals surface area contributed by atoms with E-state index in [0.29, 0.717) is 11.4 Å². The summed E-state index contributed by atoms with van der Waals surface area (Å²) in [5, 5.41) is 0.0310. The van der Waals surface area contributed by atoms with Crippen molar-refractivity contribution in [3.05, 3.63) is 66.3 Å². The van der Waals surface area contributed by atoms with Gasteiger partial charge in [-0.1, -0.05) is 31.1 Å². The molecule has 7 heteroatoms. The fourth-order valence-corrected chi connectivity index (χ4v) is 4.61. The van der Waals surface area contributed by atoms with E-state index in [2.05, 4.69) is 0 Å². The number of thioether (sulfide) groups is 1. The number of hydrogen-bond acceptors (Lipinski definition) is 7. The molecule has 1 fully saturated rings. The van der Waals surface area contributed by atoms with E-state index in [1.165, 1.54) is 17.8 Å². The standard InChI is InChI=1S/C26H32N2O4S/c1-18(33-23-11-10-21(27)16-22(23)28)17-31-24(29)12-9-19-6-5-14-26(2,15-13-19)32-25(30)20-7-3-4-8-20/h5-6,9-16,18,20H,3-4,7-8,17,27-28H2,1-2H3/b12-9+. The summed E-state index contributed by atoms with van der Waals surface area (Å²) in [6, 6.07) is 5.38. The lowest BCUT2D eigenvalue weighted by Gasteiger charge is -2.24. The van der Waals surface area contributed by atoms with Crippen molar-refractivity contribution in [1.82, 2.24) is 0 Å². The SMILES string of the molecule is CC(COC(=O)/C=C/C1=CC=CC(C)(OC(=O)C2CCCC2)C=C1)Sc1ccc(N)cc1N. The highest BCUT2D eigenvalue weighted by molar-refractivity contribution is 8.00. The number of anilines is 2. The molecule has 2 atom stereocenters. The first-order valence-corrected chi connectivity index (χ1v) is 12.1. The third-order valence-corrected chi connectivity index (χ3v) is 6.73. The fourth-order valence-electron chi connectivity index (χ4n) is 3.70. The van der Waals surface area contributed by atoms with Crippen molar-refractivity contribution in [3.63, 3.8) is 0 Å². The molecule has 0 spiro atoms. The van der Waals surface area contributed by atoms with E-state index >= 15 is 0 Å². The number of benzene rings is 1.